The molecule has 0 radical (unpaired) electrons. The molecule has 0 spiro atoms. The minimum Gasteiger partial charge on any atom is -0.489 e. The van der Waals surface area contributed by atoms with Gasteiger partial charge >= 0.3 is 0 Å². The van der Waals surface area contributed by atoms with Gasteiger partial charge in [-0.3, -0.25) is 4.79 Å². The van der Waals surface area contributed by atoms with Crippen LogP contribution in [0.1, 0.15) is 98.5 Å². The molecular weight excluding hydrogens is 410 g/mol. The van der Waals surface area contributed by atoms with Gasteiger partial charge in [0.05, 0.1) is 5.60 Å². The lowest BCUT2D eigenvalue weighted by Gasteiger charge is -2.28. The zero-order chi connectivity index (χ0) is 25.9. The number of carbonyl (C=O) groups excluding carboxylic acids is 1. The smallest absolute Gasteiger partial charge is 0.251 e. The van der Waals surface area contributed by atoms with Crippen LogP contribution in [0.5, 0.6) is 5.75 Å². The van der Waals surface area contributed by atoms with E-state index < -0.39 is 0 Å². The first-order valence-electron chi connectivity index (χ1n) is 12.4. The maximum atomic E-state index is 12.5. The number of hydrogen-bond donors (Lipinski definition) is 1. The van der Waals surface area contributed by atoms with Crippen molar-refractivity contribution in [3.8, 4) is 5.75 Å². The van der Waals surface area contributed by atoms with Crippen LogP contribution in [0, 0.1) is 0 Å². The number of rotatable bonds is 8. The van der Waals surface area contributed by atoms with Crippen LogP contribution >= 0.6 is 0 Å². The molecule has 2 rings (SSSR count). The van der Waals surface area contributed by atoms with Crippen LogP contribution in [0.3, 0.4) is 0 Å². The molecule has 4 heteroatoms. The number of benzene rings is 2. The Hall–Kier alpha value is -2.33. The standard InChI is InChI=1S/C23H31NO3.3C2H6/c1-22(2,3)27-16-15-23(4,5)24-21(25)19-11-13-20(14-12-19)26-17-18-9-7-6-8-10-18;3*1-2/h6-14H,15-17H2,1-5H3,(H,24,25);3*1-2H3. The van der Waals surface area contributed by atoms with Crippen molar-refractivity contribution in [2.75, 3.05) is 6.61 Å². The quantitative estimate of drug-likeness (QED) is 0.434. The van der Waals surface area contributed by atoms with Gasteiger partial charge in [-0.25, -0.2) is 0 Å². The van der Waals surface area contributed by atoms with E-state index >= 15 is 0 Å². The van der Waals surface area contributed by atoms with Crippen molar-refractivity contribution in [1.82, 2.24) is 5.32 Å². The van der Waals surface area contributed by atoms with Crippen molar-refractivity contribution in [1.29, 1.82) is 0 Å². The Morgan fingerprint density at radius 1 is 0.788 bits per heavy atom. The van der Waals surface area contributed by atoms with E-state index in [1.165, 1.54) is 0 Å². The molecule has 188 valence electrons. The lowest BCUT2D eigenvalue weighted by Crippen LogP contribution is -2.44. The highest BCUT2D eigenvalue weighted by Crippen LogP contribution is 2.17. The SMILES string of the molecule is CC.CC.CC.CC(C)(CCOC(C)(C)C)NC(=O)c1ccc(OCc2ccccc2)cc1. The maximum absolute atomic E-state index is 12.5. The van der Waals surface area contributed by atoms with E-state index in [9.17, 15) is 4.79 Å². The van der Waals surface area contributed by atoms with Crippen molar-refractivity contribution < 1.29 is 14.3 Å². The molecule has 0 atom stereocenters. The number of amides is 1. The first-order chi connectivity index (χ1) is 15.6. The van der Waals surface area contributed by atoms with Crippen molar-refractivity contribution in [3.05, 3.63) is 65.7 Å². The molecule has 0 heterocycles. The third-order valence-electron chi connectivity index (χ3n) is 4.08. The molecule has 0 aromatic heterocycles. The summed E-state index contributed by atoms with van der Waals surface area (Å²) in [5.41, 5.74) is 1.21. The van der Waals surface area contributed by atoms with E-state index in [4.69, 9.17) is 9.47 Å². The Kier molecular flexibility index (Phi) is 18.1. The predicted octanol–water partition coefficient (Wildman–Crippen LogP) is 8.06. The molecule has 4 nitrogen and oxygen atoms in total. The van der Waals surface area contributed by atoms with E-state index in [1.807, 2.05) is 119 Å². The highest BCUT2D eigenvalue weighted by molar-refractivity contribution is 5.94. The maximum Gasteiger partial charge on any atom is 0.251 e. The lowest BCUT2D eigenvalue weighted by molar-refractivity contribution is -0.0111. The largest absolute Gasteiger partial charge is 0.489 e. The summed E-state index contributed by atoms with van der Waals surface area (Å²) in [7, 11) is 0. The molecule has 0 fully saturated rings. The average molecular weight is 460 g/mol. The molecule has 1 N–H and O–H groups in total. The highest BCUT2D eigenvalue weighted by atomic mass is 16.5. The predicted molar refractivity (Wildman–Crippen MR) is 143 cm³/mol. The van der Waals surface area contributed by atoms with Crippen LogP contribution in [0.4, 0.5) is 0 Å². The summed E-state index contributed by atoms with van der Waals surface area (Å²) >= 11 is 0. The van der Waals surface area contributed by atoms with Crippen molar-refractivity contribution in [2.45, 2.75) is 100 Å². The van der Waals surface area contributed by atoms with Gasteiger partial charge in [0, 0.05) is 17.7 Å². The summed E-state index contributed by atoms with van der Waals surface area (Å²) in [5, 5.41) is 3.08. The van der Waals surface area contributed by atoms with Gasteiger partial charge < -0.3 is 14.8 Å². The Bertz CT molecular complexity index is 717. The summed E-state index contributed by atoms with van der Waals surface area (Å²) in [4.78, 5) is 12.5. The Morgan fingerprint density at radius 3 is 1.79 bits per heavy atom. The van der Waals surface area contributed by atoms with Crippen molar-refractivity contribution in [2.24, 2.45) is 0 Å². The zero-order valence-corrected chi connectivity index (χ0v) is 23.0. The Morgan fingerprint density at radius 2 is 1.30 bits per heavy atom. The van der Waals surface area contributed by atoms with Gasteiger partial charge in [0.25, 0.3) is 5.91 Å². The van der Waals surface area contributed by atoms with E-state index in [2.05, 4.69) is 5.32 Å². The average Bonchev–Trinajstić information content (AvgIpc) is 2.81. The molecule has 0 aliphatic heterocycles. The fourth-order valence-electron chi connectivity index (χ4n) is 2.50. The van der Waals surface area contributed by atoms with E-state index in [0.717, 1.165) is 17.7 Å². The normalized spacial score (nSPS) is 10.3. The van der Waals surface area contributed by atoms with Crippen molar-refractivity contribution in [3.63, 3.8) is 0 Å². The second kappa shape index (κ2) is 18.1. The first kappa shape index (κ1) is 32.8. The molecule has 0 bridgehead atoms. The minimum absolute atomic E-state index is 0.0923. The summed E-state index contributed by atoms with van der Waals surface area (Å²) in [6.07, 6.45) is 0.744. The Balaban J connectivity index is 0. The molecule has 0 aliphatic rings. The fraction of sp³-hybridized carbons (Fsp3) is 0.552. The van der Waals surface area contributed by atoms with Crippen molar-refractivity contribution >= 4 is 5.91 Å². The topological polar surface area (TPSA) is 47.6 Å². The number of hydrogen-bond acceptors (Lipinski definition) is 3. The van der Waals surface area contributed by atoms with Gasteiger partial charge in [-0.15, -0.1) is 0 Å². The van der Waals surface area contributed by atoms with Gasteiger partial charge in [-0.1, -0.05) is 71.9 Å². The number of nitrogens with one attached hydrogen (secondary N) is 1. The Labute approximate surface area is 204 Å². The van der Waals surface area contributed by atoms with Crippen LogP contribution in [-0.2, 0) is 11.3 Å². The van der Waals surface area contributed by atoms with Crippen LogP contribution < -0.4 is 10.1 Å². The van der Waals surface area contributed by atoms with E-state index in [1.54, 1.807) is 12.1 Å². The minimum atomic E-state index is -0.342. The lowest BCUT2D eigenvalue weighted by atomic mass is 10.00. The summed E-state index contributed by atoms with van der Waals surface area (Å²) in [6, 6.07) is 17.2. The third kappa shape index (κ3) is 16.0. The molecular formula is C29H49NO3. The zero-order valence-electron chi connectivity index (χ0n) is 23.0. The number of carbonyl (C=O) groups is 1. The van der Waals surface area contributed by atoms with Gasteiger partial charge in [0.1, 0.15) is 12.4 Å². The van der Waals surface area contributed by atoms with Crippen LogP contribution in [0.15, 0.2) is 54.6 Å². The van der Waals surface area contributed by atoms with E-state index in [0.29, 0.717) is 18.8 Å². The molecule has 2 aromatic carbocycles. The monoisotopic (exact) mass is 459 g/mol. The number of ether oxygens (including phenoxy) is 2. The molecule has 2 aromatic rings. The van der Waals surface area contributed by atoms with Gasteiger partial charge in [0.15, 0.2) is 0 Å². The van der Waals surface area contributed by atoms with Gasteiger partial charge in [-0.05, 0) is 70.9 Å². The highest BCUT2D eigenvalue weighted by Gasteiger charge is 2.22. The first-order valence-corrected chi connectivity index (χ1v) is 12.4. The third-order valence-corrected chi connectivity index (χ3v) is 4.08. The molecule has 0 saturated heterocycles. The molecule has 1 amide bonds. The van der Waals surface area contributed by atoms with Crippen LogP contribution in [-0.4, -0.2) is 23.7 Å². The van der Waals surface area contributed by atoms with Crippen LogP contribution in [0.2, 0.25) is 0 Å². The van der Waals surface area contributed by atoms with Gasteiger partial charge in [0.2, 0.25) is 0 Å². The van der Waals surface area contributed by atoms with Crippen LogP contribution in [0.25, 0.3) is 0 Å². The summed E-state index contributed by atoms with van der Waals surface area (Å²) < 4.78 is 11.5. The summed E-state index contributed by atoms with van der Waals surface area (Å²) in [6.45, 7) is 23.2. The second-order valence-electron chi connectivity index (χ2n) is 8.35. The second-order valence-corrected chi connectivity index (χ2v) is 8.35. The fourth-order valence-corrected chi connectivity index (χ4v) is 2.50. The molecule has 0 saturated carbocycles. The van der Waals surface area contributed by atoms with E-state index in [-0.39, 0.29) is 17.0 Å². The summed E-state index contributed by atoms with van der Waals surface area (Å²) in [5.74, 6) is 0.651. The molecule has 0 unspecified atom stereocenters. The van der Waals surface area contributed by atoms with Gasteiger partial charge in [-0.2, -0.15) is 0 Å². The molecule has 33 heavy (non-hydrogen) atoms. The molecule has 0 aliphatic carbocycles.